The number of ether oxygens (including phenoxy) is 2. The predicted octanol–water partition coefficient (Wildman–Crippen LogP) is 1.73. The van der Waals surface area contributed by atoms with Crippen molar-refractivity contribution < 1.29 is 19.1 Å². The van der Waals surface area contributed by atoms with E-state index in [9.17, 15) is 9.59 Å². The molecule has 1 aromatic heterocycles. The molecule has 1 aliphatic heterocycles. The highest BCUT2D eigenvalue weighted by molar-refractivity contribution is 5.99. The molecule has 0 atom stereocenters. The van der Waals surface area contributed by atoms with Gasteiger partial charge in [-0.05, 0) is 23.8 Å². The van der Waals surface area contributed by atoms with Crippen LogP contribution in [-0.2, 0) is 6.54 Å². The molecule has 0 saturated heterocycles. The topological polar surface area (TPSA) is 94.5 Å². The molecule has 3 aromatic rings. The number of nitrogens with zero attached hydrogens (tertiary/aromatic N) is 2. The second kappa shape index (κ2) is 7.20. The summed E-state index contributed by atoms with van der Waals surface area (Å²) in [6.07, 6.45) is 3.07. The number of amides is 2. The largest absolute Gasteiger partial charge is 0.454 e. The first-order valence-corrected chi connectivity index (χ1v) is 8.26. The number of rotatable bonds is 4. The van der Waals surface area contributed by atoms with Crippen molar-refractivity contribution in [3.63, 3.8) is 0 Å². The van der Waals surface area contributed by atoms with Crippen molar-refractivity contribution in [1.82, 2.24) is 20.6 Å². The van der Waals surface area contributed by atoms with Gasteiger partial charge in [0.2, 0.25) is 6.79 Å². The summed E-state index contributed by atoms with van der Waals surface area (Å²) in [6, 6.07) is 14.6. The maximum atomic E-state index is 12.2. The first kappa shape index (κ1) is 16.6. The van der Waals surface area contributed by atoms with E-state index in [1.54, 1.807) is 29.1 Å². The Morgan fingerprint density at radius 2 is 1.70 bits per heavy atom. The minimum atomic E-state index is -0.460. The minimum absolute atomic E-state index is 0.129. The Kier molecular flexibility index (Phi) is 4.44. The molecule has 2 amide bonds. The third kappa shape index (κ3) is 3.74. The van der Waals surface area contributed by atoms with Gasteiger partial charge in [0.05, 0.1) is 18.3 Å². The van der Waals surface area contributed by atoms with Gasteiger partial charge in [-0.1, -0.05) is 30.3 Å². The molecule has 0 aliphatic carbocycles. The van der Waals surface area contributed by atoms with Crippen LogP contribution in [0.5, 0.6) is 11.5 Å². The van der Waals surface area contributed by atoms with Gasteiger partial charge in [0, 0.05) is 11.8 Å². The Hall–Kier alpha value is -3.81. The van der Waals surface area contributed by atoms with Crippen molar-refractivity contribution in [2.45, 2.75) is 6.54 Å². The number of hydrogen-bond donors (Lipinski definition) is 2. The number of carbonyl (C=O) groups is 2. The van der Waals surface area contributed by atoms with E-state index in [2.05, 4.69) is 16.0 Å². The van der Waals surface area contributed by atoms with Crippen LogP contribution in [0.3, 0.4) is 0 Å². The van der Waals surface area contributed by atoms with Crippen molar-refractivity contribution in [3.05, 3.63) is 77.6 Å². The summed E-state index contributed by atoms with van der Waals surface area (Å²) in [5, 5.41) is 4.17. The lowest BCUT2D eigenvalue weighted by molar-refractivity contribution is 0.0846. The number of nitrogens with one attached hydrogen (secondary N) is 2. The summed E-state index contributed by atoms with van der Waals surface area (Å²) >= 11 is 0. The smallest absolute Gasteiger partial charge is 0.272 e. The Morgan fingerprint density at radius 1 is 0.963 bits per heavy atom. The zero-order chi connectivity index (χ0) is 18.6. The number of fused-ring (bicyclic) bond motifs is 1. The summed E-state index contributed by atoms with van der Waals surface area (Å²) in [4.78, 5) is 24.4. The van der Waals surface area contributed by atoms with Crippen molar-refractivity contribution >= 4 is 11.8 Å². The van der Waals surface area contributed by atoms with Crippen molar-refractivity contribution in [2.24, 2.45) is 0 Å². The molecule has 2 N–H and O–H groups in total. The molecule has 0 radical (unpaired) electrons. The molecule has 0 spiro atoms. The molecule has 0 saturated carbocycles. The van der Waals surface area contributed by atoms with Crippen LogP contribution in [0.4, 0.5) is 0 Å². The molecule has 1 aliphatic rings. The Balaban J connectivity index is 1.35. The fourth-order valence-corrected chi connectivity index (χ4v) is 2.63. The van der Waals surface area contributed by atoms with Crippen LogP contribution in [-0.4, -0.2) is 28.4 Å². The van der Waals surface area contributed by atoms with Crippen LogP contribution in [0.15, 0.2) is 60.9 Å². The maximum absolute atomic E-state index is 12.2. The fraction of sp³-hybridized carbons (Fsp3) is 0.105. The zero-order valence-electron chi connectivity index (χ0n) is 14.2. The van der Waals surface area contributed by atoms with Crippen LogP contribution < -0.4 is 20.3 Å². The van der Waals surface area contributed by atoms with E-state index in [0.29, 0.717) is 29.2 Å². The number of carbonyl (C=O) groups excluding carboxylic acids is 2. The molecule has 27 heavy (non-hydrogen) atoms. The summed E-state index contributed by atoms with van der Waals surface area (Å²) < 4.78 is 12.1. The van der Waals surface area contributed by atoms with Crippen LogP contribution in [0.2, 0.25) is 0 Å². The van der Waals surface area contributed by atoms with Crippen molar-refractivity contribution in [3.8, 4) is 11.5 Å². The van der Waals surface area contributed by atoms with Gasteiger partial charge in [0.15, 0.2) is 11.5 Å². The van der Waals surface area contributed by atoms with Gasteiger partial charge in [0.1, 0.15) is 0 Å². The zero-order valence-corrected chi connectivity index (χ0v) is 14.2. The summed E-state index contributed by atoms with van der Waals surface area (Å²) in [6.45, 7) is 0.682. The molecular weight excluding hydrogens is 348 g/mol. The monoisotopic (exact) mass is 364 g/mol. The molecule has 2 heterocycles. The number of hydrogen-bond acceptors (Lipinski definition) is 5. The molecule has 4 rings (SSSR count). The second-order valence-corrected chi connectivity index (χ2v) is 5.89. The molecule has 0 unspecified atom stereocenters. The van der Waals surface area contributed by atoms with E-state index in [1.807, 2.05) is 30.3 Å². The Labute approximate surface area is 154 Å². The van der Waals surface area contributed by atoms with Gasteiger partial charge in [-0.3, -0.25) is 25.1 Å². The maximum Gasteiger partial charge on any atom is 0.272 e. The quantitative estimate of drug-likeness (QED) is 0.688. The van der Waals surface area contributed by atoms with Crippen LogP contribution in [0.1, 0.15) is 26.3 Å². The van der Waals surface area contributed by atoms with E-state index in [0.717, 1.165) is 5.56 Å². The SMILES string of the molecule is O=C(NNC(=O)c1cnn(Cc2ccccc2)c1)c1ccc2c(c1)OCO2. The van der Waals surface area contributed by atoms with E-state index in [4.69, 9.17) is 9.47 Å². The molecule has 0 fully saturated rings. The van der Waals surface area contributed by atoms with Gasteiger partial charge in [0.25, 0.3) is 11.8 Å². The lowest BCUT2D eigenvalue weighted by atomic mass is 10.2. The number of hydrazine groups is 1. The first-order chi connectivity index (χ1) is 13.2. The van der Waals surface area contributed by atoms with E-state index < -0.39 is 11.8 Å². The summed E-state index contributed by atoms with van der Waals surface area (Å²) in [5.41, 5.74) is 6.52. The summed E-state index contributed by atoms with van der Waals surface area (Å²) in [7, 11) is 0. The molecule has 8 heteroatoms. The van der Waals surface area contributed by atoms with E-state index in [-0.39, 0.29) is 6.79 Å². The van der Waals surface area contributed by atoms with Gasteiger partial charge >= 0.3 is 0 Å². The van der Waals surface area contributed by atoms with Crippen LogP contribution in [0.25, 0.3) is 0 Å². The van der Waals surface area contributed by atoms with Crippen LogP contribution >= 0.6 is 0 Å². The Bertz CT molecular complexity index is 984. The lowest BCUT2D eigenvalue weighted by Gasteiger charge is -2.07. The average molecular weight is 364 g/mol. The highest BCUT2D eigenvalue weighted by atomic mass is 16.7. The lowest BCUT2D eigenvalue weighted by Crippen LogP contribution is -2.41. The molecule has 136 valence electrons. The van der Waals surface area contributed by atoms with Crippen molar-refractivity contribution in [1.29, 1.82) is 0 Å². The average Bonchev–Trinajstić information content (AvgIpc) is 3.35. The fourth-order valence-electron chi connectivity index (χ4n) is 2.63. The number of aromatic nitrogens is 2. The number of benzene rings is 2. The van der Waals surface area contributed by atoms with Crippen molar-refractivity contribution in [2.75, 3.05) is 6.79 Å². The van der Waals surface area contributed by atoms with Crippen LogP contribution in [0, 0.1) is 0 Å². The highest BCUT2D eigenvalue weighted by Crippen LogP contribution is 2.32. The standard InChI is InChI=1S/C19H16N4O4/c24-18(14-6-7-16-17(8-14)27-12-26-16)21-22-19(25)15-9-20-23(11-15)10-13-4-2-1-3-5-13/h1-9,11H,10,12H2,(H,21,24)(H,22,25). The first-order valence-electron chi connectivity index (χ1n) is 8.26. The van der Waals surface area contributed by atoms with E-state index in [1.165, 1.54) is 6.20 Å². The Morgan fingerprint density at radius 3 is 2.52 bits per heavy atom. The molecular formula is C19H16N4O4. The van der Waals surface area contributed by atoms with E-state index >= 15 is 0 Å². The highest BCUT2D eigenvalue weighted by Gasteiger charge is 2.17. The van der Waals surface area contributed by atoms with Gasteiger partial charge in [-0.25, -0.2) is 0 Å². The third-order valence-electron chi connectivity index (χ3n) is 4.01. The molecule has 8 nitrogen and oxygen atoms in total. The normalized spacial score (nSPS) is 11.9. The van der Waals surface area contributed by atoms with Gasteiger partial charge in [-0.2, -0.15) is 5.10 Å². The molecule has 0 bridgehead atoms. The van der Waals surface area contributed by atoms with Gasteiger partial charge in [-0.15, -0.1) is 0 Å². The summed E-state index contributed by atoms with van der Waals surface area (Å²) in [5.74, 6) is 0.166. The third-order valence-corrected chi connectivity index (χ3v) is 4.01. The molecule has 2 aromatic carbocycles. The van der Waals surface area contributed by atoms with Gasteiger partial charge < -0.3 is 9.47 Å². The minimum Gasteiger partial charge on any atom is -0.454 e. The predicted molar refractivity (Wildman–Crippen MR) is 95.3 cm³/mol. The second-order valence-electron chi connectivity index (χ2n) is 5.89.